The second-order valence-electron chi connectivity index (χ2n) is 7.21. The van der Waals surface area contributed by atoms with Gasteiger partial charge in [-0.1, -0.05) is 26.7 Å². The summed E-state index contributed by atoms with van der Waals surface area (Å²) < 4.78 is 1.78. The molecule has 144 valence electrons. The smallest absolute Gasteiger partial charge is 0.256 e. The number of nitrogens with zero attached hydrogens (tertiary/aromatic N) is 1. The molecule has 1 fully saturated rings. The normalized spacial score (nSPS) is 14.6. The Bertz CT molecular complexity index is 694. The Labute approximate surface area is 159 Å². The Hall–Kier alpha value is -1.76. The van der Waals surface area contributed by atoms with E-state index in [1.54, 1.807) is 28.7 Å². The van der Waals surface area contributed by atoms with Crippen molar-refractivity contribution in [1.82, 2.24) is 15.2 Å². The first-order chi connectivity index (χ1) is 12.4. The Morgan fingerprint density at radius 2 is 1.81 bits per heavy atom. The zero-order chi connectivity index (χ0) is 19.1. The maximum Gasteiger partial charge on any atom is 0.256 e. The minimum Gasteiger partial charge on any atom is -0.352 e. The van der Waals surface area contributed by atoms with E-state index in [4.69, 9.17) is 0 Å². The number of rotatable bonds is 8. The summed E-state index contributed by atoms with van der Waals surface area (Å²) in [5, 5.41) is 5.70. The third-order valence-electron chi connectivity index (χ3n) is 4.43. The third kappa shape index (κ3) is 5.62. The average Bonchev–Trinajstić information content (AvgIpc) is 3.08. The van der Waals surface area contributed by atoms with Crippen LogP contribution >= 0.6 is 11.8 Å². The average molecular weight is 380 g/mol. The number of hydrogen-bond acceptors (Lipinski definition) is 4. The standard InChI is InChI=1S/C19H29N3O3S/c1-13(2)10-22-11-15(18(24)20-8-9-26-3)17(23)16(12-22)19(25)21-14-6-4-5-7-14/h11-14H,4-10H2,1-3H3,(H,20,24)(H,21,25). The van der Waals surface area contributed by atoms with Crippen molar-refractivity contribution in [3.05, 3.63) is 33.7 Å². The van der Waals surface area contributed by atoms with E-state index in [9.17, 15) is 14.4 Å². The predicted octanol–water partition coefficient (Wildman–Crippen LogP) is 2.27. The molecule has 0 unspecified atom stereocenters. The Morgan fingerprint density at radius 3 is 2.38 bits per heavy atom. The highest BCUT2D eigenvalue weighted by Gasteiger charge is 2.23. The highest BCUT2D eigenvalue weighted by atomic mass is 32.2. The van der Waals surface area contributed by atoms with Crippen LogP contribution in [0.2, 0.25) is 0 Å². The van der Waals surface area contributed by atoms with Crippen LogP contribution in [0, 0.1) is 5.92 Å². The number of aromatic nitrogens is 1. The summed E-state index contributed by atoms with van der Waals surface area (Å²) in [5.74, 6) is 0.305. The van der Waals surface area contributed by atoms with Crippen LogP contribution in [-0.4, -0.2) is 41.0 Å². The summed E-state index contributed by atoms with van der Waals surface area (Å²) in [7, 11) is 0. The number of carbonyl (C=O) groups excluding carboxylic acids is 2. The Morgan fingerprint density at radius 1 is 1.19 bits per heavy atom. The monoisotopic (exact) mass is 379 g/mol. The second-order valence-corrected chi connectivity index (χ2v) is 8.19. The quantitative estimate of drug-likeness (QED) is 0.679. The van der Waals surface area contributed by atoms with Crippen molar-refractivity contribution >= 4 is 23.6 Å². The molecule has 6 nitrogen and oxygen atoms in total. The summed E-state index contributed by atoms with van der Waals surface area (Å²) in [5.41, 5.74) is -0.414. The van der Waals surface area contributed by atoms with Crippen LogP contribution in [0.1, 0.15) is 60.2 Å². The zero-order valence-electron chi connectivity index (χ0n) is 15.8. The van der Waals surface area contributed by atoms with Gasteiger partial charge in [0, 0.05) is 37.3 Å². The van der Waals surface area contributed by atoms with Crippen LogP contribution in [0.5, 0.6) is 0 Å². The first kappa shape index (κ1) is 20.6. The fourth-order valence-electron chi connectivity index (χ4n) is 3.18. The number of thioether (sulfide) groups is 1. The molecular weight excluding hydrogens is 350 g/mol. The zero-order valence-corrected chi connectivity index (χ0v) is 16.7. The number of carbonyl (C=O) groups is 2. The van der Waals surface area contributed by atoms with Gasteiger partial charge in [0.1, 0.15) is 11.1 Å². The van der Waals surface area contributed by atoms with Crippen molar-refractivity contribution in [1.29, 1.82) is 0 Å². The molecule has 1 heterocycles. The molecule has 2 N–H and O–H groups in total. The molecule has 0 atom stereocenters. The van der Waals surface area contributed by atoms with Crippen molar-refractivity contribution in [2.24, 2.45) is 5.92 Å². The van der Waals surface area contributed by atoms with E-state index in [0.29, 0.717) is 19.0 Å². The summed E-state index contributed by atoms with van der Waals surface area (Å²) in [6.07, 6.45) is 9.17. The van der Waals surface area contributed by atoms with Gasteiger partial charge in [-0.05, 0) is 25.0 Å². The minimum absolute atomic E-state index is 0.0332. The lowest BCUT2D eigenvalue weighted by molar-refractivity contribution is 0.0935. The van der Waals surface area contributed by atoms with Crippen molar-refractivity contribution < 1.29 is 9.59 Å². The number of amides is 2. The molecule has 0 aromatic carbocycles. The molecule has 2 amide bonds. The topological polar surface area (TPSA) is 80.2 Å². The van der Waals surface area contributed by atoms with Crippen molar-refractivity contribution in [3.63, 3.8) is 0 Å². The highest BCUT2D eigenvalue weighted by molar-refractivity contribution is 7.98. The van der Waals surface area contributed by atoms with Crippen LogP contribution < -0.4 is 16.1 Å². The van der Waals surface area contributed by atoms with E-state index in [2.05, 4.69) is 24.5 Å². The van der Waals surface area contributed by atoms with Crippen LogP contribution in [0.4, 0.5) is 0 Å². The fourth-order valence-corrected chi connectivity index (χ4v) is 3.48. The van der Waals surface area contributed by atoms with Gasteiger partial charge in [0.05, 0.1) is 0 Å². The van der Waals surface area contributed by atoms with E-state index < -0.39 is 11.3 Å². The van der Waals surface area contributed by atoms with Gasteiger partial charge in [0.2, 0.25) is 5.43 Å². The fraction of sp³-hybridized carbons (Fsp3) is 0.632. The summed E-state index contributed by atoms with van der Waals surface area (Å²) in [6, 6.07) is 0.125. The molecule has 1 saturated carbocycles. The van der Waals surface area contributed by atoms with Gasteiger partial charge in [-0.25, -0.2) is 0 Å². The van der Waals surface area contributed by atoms with E-state index >= 15 is 0 Å². The predicted molar refractivity (Wildman–Crippen MR) is 106 cm³/mol. The minimum atomic E-state index is -0.498. The third-order valence-corrected chi connectivity index (χ3v) is 5.04. The SMILES string of the molecule is CSCCNC(=O)c1cn(CC(C)C)cc(C(=O)NC2CCCC2)c1=O. The van der Waals surface area contributed by atoms with Gasteiger partial charge >= 0.3 is 0 Å². The summed E-state index contributed by atoms with van der Waals surface area (Å²) in [6.45, 7) is 5.22. The second kappa shape index (κ2) is 9.80. The molecule has 7 heteroatoms. The lowest BCUT2D eigenvalue weighted by atomic mass is 10.1. The van der Waals surface area contributed by atoms with Crippen molar-refractivity contribution in [2.75, 3.05) is 18.6 Å². The number of nitrogens with one attached hydrogen (secondary N) is 2. The van der Waals surface area contributed by atoms with Gasteiger partial charge in [0.15, 0.2) is 0 Å². The van der Waals surface area contributed by atoms with E-state index in [-0.39, 0.29) is 23.1 Å². The molecule has 0 aliphatic heterocycles. The highest BCUT2D eigenvalue weighted by Crippen LogP contribution is 2.18. The van der Waals surface area contributed by atoms with Gasteiger partial charge < -0.3 is 15.2 Å². The van der Waals surface area contributed by atoms with Crippen molar-refractivity contribution in [2.45, 2.75) is 52.1 Å². The number of pyridine rings is 1. The van der Waals surface area contributed by atoms with Crippen LogP contribution in [0.3, 0.4) is 0 Å². The molecular formula is C19H29N3O3S. The molecule has 1 aliphatic rings. The van der Waals surface area contributed by atoms with E-state index in [1.807, 2.05) is 6.26 Å². The largest absolute Gasteiger partial charge is 0.352 e. The van der Waals surface area contributed by atoms with Gasteiger partial charge in [-0.2, -0.15) is 11.8 Å². The molecule has 2 rings (SSSR count). The summed E-state index contributed by atoms with van der Waals surface area (Å²) in [4.78, 5) is 37.8. The van der Waals surface area contributed by atoms with Gasteiger partial charge in [-0.3, -0.25) is 14.4 Å². The molecule has 0 spiro atoms. The van der Waals surface area contributed by atoms with Gasteiger partial charge in [0.25, 0.3) is 11.8 Å². The van der Waals surface area contributed by atoms with E-state index in [0.717, 1.165) is 31.4 Å². The maximum absolute atomic E-state index is 12.8. The molecule has 26 heavy (non-hydrogen) atoms. The van der Waals surface area contributed by atoms with Crippen LogP contribution in [-0.2, 0) is 6.54 Å². The summed E-state index contributed by atoms with van der Waals surface area (Å²) >= 11 is 1.62. The molecule has 0 radical (unpaired) electrons. The van der Waals surface area contributed by atoms with Crippen LogP contribution in [0.25, 0.3) is 0 Å². The maximum atomic E-state index is 12.8. The Kier molecular flexibility index (Phi) is 7.75. The molecule has 1 aliphatic carbocycles. The molecule has 1 aromatic heterocycles. The lowest BCUT2D eigenvalue weighted by Gasteiger charge is -2.16. The molecule has 0 saturated heterocycles. The number of hydrogen-bond donors (Lipinski definition) is 2. The Balaban J connectivity index is 2.29. The van der Waals surface area contributed by atoms with Gasteiger partial charge in [-0.15, -0.1) is 0 Å². The first-order valence-corrected chi connectivity index (χ1v) is 10.6. The first-order valence-electron chi connectivity index (χ1n) is 9.24. The van der Waals surface area contributed by atoms with E-state index in [1.165, 1.54) is 0 Å². The van der Waals surface area contributed by atoms with Crippen LogP contribution in [0.15, 0.2) is 17.2 Å². The molecule has 0 bridgehead atoms. The van der Waals surface area contributed by atoms with Crippen molar-refractivity contribution in [3.8, 4) is 0 Å². The lowest BCUT2D eigenvalue weighted by Crippen LogP contribution is -2.39. The molecule has 1 aromatic rings.